The Balaban J connectivity index is 1.99. The van der Waals surface area contributed by atoms with Gasteiger partial charge in [0.15, 0.2) is 5.13 Å². The molecule has 0 aliphatic heterocycles. The number of anilines is 1. The molecule has 2 heterocycles. The van der Waals surface area contributed by atoms with Crippen molar-refractivity contribution in [2.24, 2.45) is 0 Å². The number of pyridine rings is 1. The highest BCUT2D eigenvalue weighted by molar-refractivity contribution is 7.18. The number of hydrogen-bond acceptors (Lipinski definition) is 4. The van der Waals surface area contributed by atoms with Crippen molar-refractivity contribution >= 4 is 16.5 Å². The number of nitrogens with two attached hydrogens (primary N) is 1. The SMILES string of the molecule is Cc1nc(N)sc1-c1ccnc(C2CCC2)c1. The van der Waals surface area contributed by atoms with Gasteiger partial charge in [0.05, 0.1) is 10.6 Å². The van der Waals surface area contributed by atoms with E-state index in [1.165, 1.54) is 35.4 Å². The first-order valence-corrected chi connectivity index (χ1v) is 6.75. The second-order valence-electron chi connectivity index (χ2n) is 4.56. The maximum atomic E-state index is 5.74. The lowest BCUT2D eigenvalue weighted by atomic mass is 9.82. The lowest BCUT2D eigenvalue weighted by Gasteiger charge is -2.24. The minimum absolute atomic E-state index is 0.638. The van der Waals surface area contributed by atoms with Crippen LogP contribution in [0.15, 0.2) is 18.3 Å². The highest BCUT2D eigenvalue weighted by Gasteiger charge is 2.21. The van der Waals surface area contributed by atoms with E-state index in [4.69, 9.17) is 5.73 Å². The maximum absolute atomic E-state index is 5.74. The normalized spacial score (nSPS) is 15.8. The van der Waals surface area contributed by atoms with Crippen molar-refractivity contribution in [1.29, 1.82) is 0 Å². The van der Waals surface area contributed by atoms with Crippen LogP contribution in [0.1, 0.15) is 36.6 Å². The Hall–Kier alpha value is -1.42. The summed E-state index contributed by atoms with van der Waals surface area (Å²) in [7, 11) is 0. The third kappa shape index (κ3) is 1.93. The van der Waals surface area contributed by atoms with E-state index in [0.29, 0.717) is 11.0 Å². The average Bonchev–Trinajstić information content (AvgIpc) is 2.56. The largest absolute Gasteiger partial charge is 0.375 e. The van der Waals surface area contributed by atoms with Crippen LogP contribution in [0.4, 0.5) is 5.13 Å². The van der Waals surface area contributed by atoms with Crippen LogP contribution in [0.25, 0.3) is 10.4 Å². The fourth-order valence-corrected chi connectivity index (χ4v) is 3.03. The second kappa shape index (κ2) is 4.11. The molecule has 1 saturated carbocycles. The van der Waals surface area contributed by atoms with Gasteiger partial charge in [0.1, 0.15) is 0 Å². The van der Waals surface area contributed by atoms with E-state index in [1.54, 1.807) is 11.3 Å². The molecule has 1 aliphatic rings. The van der Waals surface area contributed by atoms with Crippen molar-refractivity contribution < 1.29 is 0 Å². The number of nitrogens with zero attached hydrogens (tertiary/aromatic N) is 2. The zero-order chi connectivity index (χ0) is 11.8. The van der Waals surface area contributed by atoms with Gasteiger partial charge in [-0.2, -0.15) is 0 Å². The first-order chi connectivity index (χ1) is 8.24. The van der Waals surface area contributed by atoms with Gasteiger partial charge in [-0.15, -0.1) is 0 Å². The van der Waals surface area contributed by atoms with Crippen molar-refractivity contribution in [2.75, 3.05) is 5.73 Å². The Kier molecular flexibility index (Phi) is 2.59. The Labute approximate surface area is 105 Å². The average molecular weight is 245 g/mol. The molecule has 4 heteroatoms. The van der Waals surface area contributed by atoms with Crippen molar-refractivity contribution in [2.45, 2.75) is 32.1 Å². The molecule has 0 amide bonds. The van der Waals surface area contributed by atoms with Crippen LogP contribution in [0.5, 0.6) is 0 Å². The van der Waals surface area contributed by atoms with Crippen LogP contribution in [-0.2, 0) is 0 Å². The minimum atomic E-state index is 0.638. The van der Waals surface area contributed by atoms with E-state index in [0.717, 1.165) is 5.69 Å². The molecule has 0 atom stereocenters. The second-order valence-corrected chi connectivity index (χ2v) is 5.59. The fraction of sp³-hybridized carbons (Fsp3) is 0.385. The van der Waals surface area contributed by atoms with Gasteiger partial charge in [-0.05, 0) is 37.5 Å². The molecule has 2 N–H and O–H groups in total. The summed E-state index contributed by atoms with van der Waals surface area (Å²) >= 11 is 1.55. The fourth-order valence-electron chi connectivity index (χ4n) is 2.20. The molecule has 0 radical (unpaired) electrons. The van der Waals surface area contributed by atoms with Crippen molar-refractivity contribution in [3.05, 3.63) is 29.7 Å². The summed E-state index contributed by atoms with van der Waals surface area (Å²) in [5, 5.41) is 0.638. The van der Waals surface area contributed by atoms with Crippen molar-refractivity contribution in [3.8, 4) is 10.4 Å². The Morgan fingerprint density at radius 1 is 1.41 bits per heavy atom. The van der Waals surface area contributed by atoms with Crippen LogP contribution >= 0.6 is 11.3 Å². The smallest absolute Gasteiger partial charge is 0.180 e. The van der Waals surface area contributed by atoms with Gasteiger partial charge >= 0.3 is 0 Å². The van der Waals surface area contributed by atoms with Gasteiger partial charge < -0.3 is 5.73 Å². The molecule has 3 rings (SSSR count). The predicted octanol–water partition coefficient (Wildman–Crippen LogP) is 3.36. The standard InChI is InChI=1S/C13H15N3S/c1-8-12(17-13(14)16-8)10-5-6-15-11(7-10)9-3-2-4-9/h5-7,9H,2-4H2,1H3,(H2,14,16). The van der Waals surface area contributed by atoms with Gasteiger partial charge in [-0.3, -0.25) is 4.98 Å². The van der Waals surface area contributed by atoms with E-state index in [2.05, 4.69) is 16.0 Å². The molecule has 17 heavy (non-hydrogen) atoms. The summed E-state index contributed by atoms with van der Waals surface area (Å²) in [4.78, 5) is 9.92. The molecule has 1 aliphatic carbocycles. The first kappa shape index (κ1) is 10.7. The summed E-state index contributed by atoms with van der Waals surface area (Å²) in [6, 6.07) is 4.24. The number of hydrogen-bond donors (Lipinski definition) is 1. The molecule has 1 fully saturated rings. The van der Waals surface area contributed by atoms with Crippen LogP contribution in [0.2, 0.25) is 0 Å². The number of nitrogen functional groups attached to an aromatic ring is 1. The molecule has 2 aromatic rings. The maximum Gasteiger partial charge on any atom is 0.180 e. The zero-order valence-electron chi connectivity index (χ0n) is 9.81. The lowest BCUT2D eigenvalue weighted by molar-refractivity contribution is 0.411. The van der Waals surface area contributed by atoms with Gasteiger partial charge in [0.25, 0.3) is 0 Å². The van der Waals surface area contributed by atoms with Crippen LogP contribution in [0, 0.1) is 6.92 Å². The molecule has 2 aromatic heterocycles. The zero-order valence-corrected chi connectivity index (χ0v) is 10.6. The quantitative estimate of drug-likeness (QED) is 0.882. The van der Waals surface area contributed by atoms with Crippen molar-refractivity contribution in [1.82, 2.24) is 9.97 Å². The summed E-state index contributed by atoms with van der Waals surface area (Å²) in [6.07, 6.45) is 5.79. The van der Waals surface area contributed by atoms with E-state index in [9.17, 15) is 0 Å². The molecular formula is C13H15N3S. The minimum Gasteiger partial charge on any atom is -0.375 e. The third-order valence-electron chi connectivity index (χ3n) is 3.38. The molecule has 88 valence electrons. The van der Waals surface area contributed by atoms with Gasteiger partial charge in [-0.1, -0.05) is 17.8 Å². The Morgan fingerprint density at radius 2 is 2.24 bits per heavy atom. The first-order valence-electron chi connectivity index (χ1n) is 5.93. The lowest BCUT2D eigenvalue weighted by Crippen LogP contribution is -2.10. The molecule has 0 saturated heterocycles. The van der Waals surface area contributed by atoms with E-state index in [-0.39, 0.29) is 0 Å². The summed E-state index contributed by atoms with van der Waals surface area (Å²) in [5.41, 5.74) is 9.18. The number of aryl methyl sites for hydroxylation is 1. The predicted molar refractivity (Wildman–Crippen MR) is 71.1 cm³/mol. The number of rotatable bonds is 2. The molecule has 0 aromatic carbocycles. The van der Waals surface area contributed by atoms with E-state index in [1.807, 2.05) is 19.2 Å². The van der Waals surface area contributed by atoms with Gasteiger partial charge in [0.2, 0.25) is 0 Å². The van der Waals surface area contributed by atoms with Crippen LogP contribution < -0.4 is 5.73 Å². The monoisotopic (exact) mass is 245 g/mol. The highest BCUT2D eigenvalue weighted by atomic mass is 32.1. The van der Waals surface area contributed by atoms with Crippen molar-refractivity contribution in [3.63, 3.8) is 0 Å². The summed E-state index contributed by atoms with van der Waals surface area (Å²) in [5.74, 6) is 0.667. The number of thiazole rings is 1. The van der Waals surface area contributed by atoms with E-state index < -0.39 is 0 Å². The van der Waals surface area contributed by atoms with Crippen LogP contribution in [-0.4, -0.2) is 9.97 Å². The molecule has 0 unspecified atom stereocenters. The highest BCUT2D eigenvalue weighted by Crippen LogP contribution is 2.38. The Morgan fingerprint density at radius 3 is 2.82 bits per heavy atom. The topological polar surface area (TPSA) is 51.8 Å². The molecule has 3 nitrogen and oxygen atoms in total. The molecular weight excluding hydrogens is 230 g/mol. The van der Waals surface area contributed by atoms with Crippen LogP contribution in [0.3, 0.4) is 0 Å². The summed E-state index contributed by atoms with van der Waals surface area (Å²) < 4.78 is 0. The molecule has 0 spiro atoms. The van der Waals surface area contributed by atoms with E-state index >= 15 is 0 Å². The third-order valence-corrected chi connectivity index (χ3v) is 4.42. The number of aromatic nitrogens is 2. The summed E-state index contributed by atoms with van der Waals surface area (Å²) in [6.45, 7) is 2.01. The molecule has 0 bridgehead atoms. The van der Waals surface area contributed by atoms with Gasteiger partial charge in [-0.25, -0.2) is 4.98 Å². The van der Waals surface area contributed by atoms with Gasteiger partial charge in [0, 0.05) is 17.8 Å². The Bertz CT molecular complexity index is 543.